The molecule has 0 aliphatic carbocycles. The maximum atomic E-state index is 13.7. The van der Waals surface area contributed by atoms with Crippen LogP contribution in [0.4, 0.5) is 20.2 Å². The summed E-state index contributed by atoms with van der Waals surface area (Å²) < 4.78 is 33.0. The van der Waals surface area contributed by atoms with Crippen molar-refractivity contribution < 1.29 is 27.9 Å². The predicted molar refractivity (Wildman–Crippen MR) is 122 cm³/mol. The van der Waals surface area contributed by atoms with Crippen molar-refractivity contribution in [2.45, 2.75) is 19.4 Å². The number of benzene rings is 1. The number of thiophene rings is 1. The van der Waals surface area contributed by atoms with Crippen LogP contribution in [0.5, 0.6) is 0 Å². The number of anilines is 2. The van der Waals surface area contributed by atoms with Crippen LogP contribution in [0.2, 0.25) is 4.34 Å². The maximum absolute atomic E-state index is 13.7. The summed E-state index contributed by atoms with van der Waals surface area (Å²) in [6.07, 6.45) is -2.85. The normalized spacial score (nSPS) is 14.9. The van der Waals surface area contributed by atoms with Crippen molar-refractivity contribution in [2.24, 2.45) is 0 Å². The fourth-order valence-corrected chi connectivity index (χ4v) is 4.24. The molecule has 0 saturated carbocycles. The van der Waals surface area contributed by atoms with E-state index in [9.17, 15) is 23.2 Å². The smallest absolute Gasteiger partial charge is 0.265 e. The van der Waals surface area contributed by atoms with Gasteiger partial charge in [-0.05, 0) is 36.9 Å². The molecule has 3 amide bonds. The molecule has 1 aromatic heterocycles. The lowest BCUT2D eigenvalue weighted by Crippen LogP contribution is -2.48. The Hall–Kier alpha value is -2.60. The number of hydrogen-bond acceptors (Lipinski definition) is 6. The molecule has 0 spiro atoms. The number of carbonyl (C=O) groups excluding carboxylic acids is 3. The van der Waals surface area contributed by atoms with Crippen molar-refractivity contribution in [1.29, 1.82) is 0 Å². The Kier molecular flexibility index (Phi) is 8.73. The van der Waals surface area contributed by atoms with Crippen LogP contribution >= 0.6 is 22.9 Å². The molecular weight excluding hydrogens is 478 g/mol. The number of alkyl halides is 2. The topological polar surface area (TPSA) is 99.8 Å². The number of rotatable bonds is 9. The number of hydrogen-bond donors (Lipinski definition) is 3. The Bertz CT molecular complexity index is 1020. The average Bonchev–Trinajstić information content (AvgIpc) is 3.23. The monoisotopic (exact) mass is 500 g/mol. The first kappa shape index (κ1) is 25.0. The van der Waals surface area contributed by atoms with Crippen LogP contribution in [0.1, 0.15) is 28.6 Å². The minimum atomic E-state index is -2.85. The third-order valence-electron chi connectivity index (χ3n) is 4.84. The highest BCUT2D eigenvalue weighted by Gasteiger charge is 2.26. The van der Waals surface area contributed by atoms with Crippen molar-refractivity contribution in [2.75, 3.05) is 43.1 Å². The molecule has 8 nitrogen and oxygen atoms in total. The number of likely N-dealkylation sites (N-methyl/N-ethyl adjacent to an activating group) is 1. The number of halogens is 3. The van der Waals surface area contributed by atoms with Gasteiger partial charge in [0, 0.05) is 24.3 Å². The fourth-order valence-electron chi connectivity index (χ4n) is 3.28. The highest BCUT2D eigenvalue weighted by molar-refractivity contribution is 7.18. The zero-order valence-corrected chi connectivity index (χ0v) is 19.3. The molecule has 2 aromatic rings. The van der Waals surface area contributed by atoms with E-state index in [0.717, 1.165) is 17.4 Å². The maximum Gasteiger partial charge on any atom is 0.265 e. The van der Waals surface area contributed by atoms with Gasteiger partial charge in [-0.25, -0.2) is 8.78 Å². The molecule has 1 atom stereocenters. The number of ether oxygens (including phenoxy) is 1. The summed E-state index contributed by atoms with van der Waals surface area (Å²) in [7, 11) is 0. The van der Waals surface area contributed by atoms with Gasteiger partial charge >= 0.3 is 0 Å². The zero-order chi connectivity index (χ0) is 24.0. The van der Waals surface area contributed by atoms with Crippen molar-refractivity contribution in [1.82, 2.24) is 10.6 Å². The molecule has 12 heteroatoms. The van der Waals surface area contributed by atoms with E-state index in [2.05, 4.69) is 16.0 Å². The molecule has 3 rings (SSSR count). The zero-order valence-electron chi connectivity index (χ0n) is 17.7. The molecule has 2 heterocycles. The Morgan fingerprint density at radius 2 is 2.06 bits per heavy atom. The molecule has 33 heavy (non-hydrogen) atoms. The Morgan fingerprint density at radius 3 is 2.70 bits per heavy atom. The Balaban J connectivity index is 1.70. The van der Waals surface area contributed by atoms with E-state index in [0.29, 0.717) is 15.8 Å². The summed E-state index contributed by atoms with van der Waals surface area (Å²) in [5, 5.41) is 8.22. The second-order valence-electron chi connectivity index (χ2n) is 7.09. The molecule has 1 saturated heterocycles. The van der Waals surface area contributed by atoms with Gasteiger partial charge in [0.1, 0.15) is 12.6 Å². The fraction of sp³-hybridized carbons (Fsp3) is 0.381. The van der Waals surface area contributed by atoms with E-state index in [-0.39, 0.29) is 49.1 Å². The van der Waals surface area contributed by atoms with Crippen LogP contribution in [0.15, 0.2) is 30.3 Å². The molecule has 0 bridgehead atoms. The summed E-state index contributed by atoms with van der Waals surface area (Å²) in [5.41, 5.74) is -0.133. The Labute approximate surface area is 198 Å². The quantitative estimate of drug-likeness (QED) is 0.491. The van der Waals surface area contributed by atoms with E-state index in [1.54, 1.807) is 19.1 Å². The number of carbonyl (C=O) groups is 3. The highest BCUT2D eigenvalue weighted by Crippen LogP contribution is 2.33. The van der Waals surface area contributed by atoms with Crippen molar-refractivity contribution in [3.8, 4) is 0 Å². The molecular formula is C21H23ClF2N4O4S. The van der Waals surface area contributed by atoms with Gasteiger partial charge in [0.05, 0.1) is 21.5 Å². The van der Waals surface area contributed by atoms with Crippen LogP contribution in [-0.4, -0.2) is 56.6 Å². The van der Waals surface area contributed by atoms with E-state index in [4.69, 9.17) is 16.3 Å². The SMILES string of the molecule is CCN[C@@H](CNC(=O)c1ccc(Cl)s1)C(=O)Nc1ccc(N2CCOCC2=O)c(C(F)F)c1. The second kappa shape index (κ2) is 11.5. The third-order valence-corrected chi connectivity index (χ3v) is 6.07. The lowest BCUT2D eigenvalue weighted by Gasteiger charge is -2.29. The van der Waals surface area contributed by atoms with E-state index < -0.39 is 24.3 Å². The van der Waals surface area contributed by atoms with Gasteiger partial charge < -0.3 is 25.6 Å². The summed E-state index contributed by atoms with van der Waals surface area (Å²) in [6, 6.07) is 6.37. The summed E-state index contributed by atoms with van der Waals surface area (Å²) in [4.78, 5) is 38.7. The molecule has 1 aliphatic heterocycles. The average molecular weight is 501 g/mol. The molecule has 0 unspecified atom stereocenters. The van der Waals surface area contributed by atoms with Crippen LogP contribution in [0.25, 0.3) is 0 Å². The standard InChI is InChI=1S/C21H23ClF2N4O4S/c1-2-25-14(10-26-21(31)16-5-6-17(22)33-16)20(30)27-12-3-4-15(13(9-12)19(23)24)28-7-8-32-11-18(28)29/h3-6,9,14,19,25H,2,7-8,10-11H2,1H3,(H,26,31)(H,27,30)/t14-/m0/s1. The van der Waals surface area contributed by atoms with E-state index in [1.807, 2.05) is 0 Å². The van der Waals surface area contributed by atoms with Gasteiger partial charge in [0.15, 0.2) is 0 Å². The van der Waals surface area contributed by atoms with Crippen molar-refractivity contribution >= 4 is 52.0 Å². The lowest BCUT2D eigenvalue weighted by molar-refractivity contribution is -0.125. The molecule has 178 valence electrons. The summed E-state index contributed by atoms with van der Waals surface area (Å²) >= 11 is 6.96. The lowest BCUT2D eigenvalue weighted by atomic mass is 10.1. The summed E-state index contributed by atoms with van der Waals surface area (Å²) in [5.74, 6) is -1.28. The van der Waals surface area contributed by atoms with E-state index in [1.165, 1.54) is 17.0 Å². The van der Waals surface area contributed by atoms with Gasteiger partial charge in [-0.15, -0.1) is 11.3 Å². The number of morpholine rings is 1. The summed E-state index contributed by atoms with van der Waals surface area (Å²) in [6.45, 7) is 2.47. The first-order valence-corrected chi connectivity index (χ1v) is 11.4. The van der Waals surface area contributed by atoms with Gasteiger partial charge in [0.2, 0.25) is 5.91 Å². The minimum absolute atomic E-state index is 0.0178. The first-order chi connectivity index (χ1) is 15.8. The molecule has 1 aromatic carbocycles. The molecule has 1 aliphatic rings. The first-order valence-electron chi connectivity index (χ1n) is 10.2. The van der Waals surface area contributed by atoms with E-state index >= 15 is 0 Å². The van der Waals surface area contributed by atoms with Crippen LogP contribution in [0, 0.1) is 0 Å². The van der Waals surface area contributed by atoms with Crippen LogP contribution in [0.3, 0.4) is 0 Å². The largest absolute Gasteiger partial charge is 0.370 e. The number of nitrogens with one attached hydrogen (secondary N) is 3. The van der Waals surface area contributed by atoms with Crippen molar-refractivity contribution in [3.63, 3.8) is 0 Å². The third kappa shape index (κ3) is 6.47. The molecule has 3 N–H and O–H groups in total. The second-order valence-corrected chi connectivity index (χ2v) is 8.80. The molecule has 0 radical (unpaired) electrons. The number of amides is 3. The molecule has 1 fully saturated rings. The van der Waals surface area contributed by atoms with Gasteiger partial charge in [-0.1, -0.05) is 18.5 Å². The Morgan fingerprint density at radius 1 is 1.27 bits per heavy atom. The minimum Gasteiger partial charge on any atom is -0.370 e. The number of nitrogens with zero attached hydrogens (tertiary/aromatic N) is 1. The highest BCUT2D eigenvalue weighted by atomic mass is 35.5. The van der Waals surface area contributed by atoms with Gasteiger partial charge in [0.25, 0.3) is 18.2 Å². The van der Waals surface area contributed by atoms with Gasteiger partial charge in [-0.2, -0.15) is 0 Å². The van der Waals surface area contributed by atoms with Crippen LogP contribution in [-0.2, 0) is 14.3 Å². The predicted octanol–water partition coefficient (Wildman–Crippen LogP) is 3.05. The van der Waals surface area contributed by atoms with Gasteiger partial charge in [-0.3, -0.25) is 14.4 Å². The van der Waals surface area contributed by atoms with Crippen molar-refractivity contribution in [3.05, 3.63) is 45.1 Å². The van der Waals surface area contributed by atoms with Crippen LogP contribution < -0.4 is 20.9 Å².